The van der Waals surface area contributed by atoms with E-state index in [2.05, 4.69) is 30.1 Å². The molecule has 0 radical (unpaired) electrons. The monoisotopic (exact) mass is 620 g/mol. The van der Waals surface area contributed by atoms with Crippen LogP contribution in [0.25, 0.3) is 10.8 Å². The van der Waals surface area contributed by atoms with Gasteiger partial charge in [0.25, 0.3) is 0 Å². The van der Waals surface area contributed by atoms with Gasteiger partial charge < -0.3 is 29.2 Å². The fourth-order valence-electron chi connectivity index (χ4n) is 6.77. The first-order chi connectivity index (χ1) is 21.5. The van der Waals surface area contributed by atoms with Crippen molar-refractivity contribution < 1.29 is 33.3 Å². The van der Waals surface area contributed by atoms with E-state index in [1.165, 1.54) is 12.7 Å². The summed E-state index contributed by atoms with van der Waals surface area (Å²) >= 11 is 0. The van der Waals surface area contributed by atoms with E-state index in [-0.39, 0.29) is 12.5 Å². The molecular formula is C36H48N2O7. The lowest BCUT2D eigenvalue weighted by molar-refractivity contribution is -0.151. The van der Waals surface area contributed by atoms with Gasteiger partial charge in [-0.05, 0) is 106 Å². The zero-order valence-electron chi connectivity index (χ0n) is 27.4. The summed E-state index contributed by atoms with van der Waals surface area (Å²) in [6, 6.07) is 6.71. The van der Waals surface area contributed by atoms with Crippen LogP contribution in [0.3, 0.4) is 0 Å². The number of carbonyl (C=O) groups is 3. The second-order valence-electron chi connectivity index (χ2n) is 13.8. The van der Waals surface area contributed by atoms with E-state index in [4.69, 9.17) is 18.9 Å². The van der Waals surface area contributed by atoms with Crippen LogP contribution >= 0.6 is 0 Å². The lowest BCUT2D eigenvalue weighted by Crippen LogP contribution is -2.53. The number of carbonyl (C=O) groups excluding carboxylic acids is 3. The average Bonchev–Trinajstić information content (AvgIpc) is 3.79. The molecule has 2 aromatic rings. The summed E-state index contributed by atoms with van der Waals surface area (Å²) in [6.07, 6.45) is 9.05. The Morgan fingerprint density at radius 1 is 1.16 bits per heavy atom. The van der Waals surface area contributed by atoms with Gasteiger partial charge in [-0.15, -0.1) is 6.58 Å². The molecule has 1 aliphatic carbocycles. The SMILES string of the molecule is C=CCCCCC[C@H](NC(=O)OC(C)(C)C)C(=O)N1C[C@]2(CCc3c(c(C4CC4)cc4ccc(OC)cc34)O2)C[C@H]1C(=O)OC. The first-order valence-electron chi connectivity index (χ1n) is 16.3. The van der Waals surface area contributed by atoms with Gasteiger partial charge in [0, 0.05) is 12.0 Å². The number of benzene rings is 2. The molecule has 1 saturated carbocycles. The second-order valence-corrected chi connectivity index (χ2v) is 13.8. The Hall–Kier alpha value is -3.75. The molecule has 2 aliphatic heterocycles. The molecule has 3 atom stereocenters. The molecule has 1 spiro atoms. The molecule has 9 nitrogen and oxygen atoms in total. The summed E-state index contributed by atoms with van der Waals surface area (Å²) < 4.78 is 23.2. The number of fused-ring (bicyclic) bond motifs is 3. The number of nitrogens with one attached hydrogen (secondary N) is 1. The quantitative estimate of drug-likeness (QED) is 0.172. The number of hydrogen-bond donors (Lipinski definition) is 1. The molecule has 2 aromatic carbocycles. The number of alkyl carbamates (subject to hydrolysis) is 1. The normalized spacial score (nSPS) is 21.5. The summed E-state index contributed by atoms with van der Waals surface area (Å²) in [7, 11) is 3.01. The third-order valence-corrected chi connectivity index (χ3v) is 9.15. The van der Waals surface area contributed by atoms with Crippen molar-refractivity contribution in [3.63, 3.8) is 0 Å². The molecule has 3 aliphatic rings. The van der Waals surface area contributed by atoms with Crippen molar-refractivity contribution in [2.45, 2.75) is 114 Å². The highest BCUT2D eigenvalue weighted by molar-refractivity contribution is 5.92. The highest BCUT2D eigenvalue weighted by atomic mass is 16.6. The van der Waals surface area contributed by atoms with Crippen molar-refractivity contribution in [3.8, 4) is 11.5 Å². The molecule has 1 saturated heterocycles. The van der Waals surface area contributed by atoms with Crippen molar-refractivity contribution in [3.05, 3.63) is 48.0 Å². The fraction of sp³-hybridized carbons (Fsp3) is 0.583. The lowest BCUT2D eigenvalue weighted by Gasteiger charge is -2.37. The Labute approximate surface area is 266 Å². The van der Waals surface area contributed by atoms with Crippen LogP contribution in [0.5, 0.6) is 11.5 Å². The number of likely N-dealkylation sites (tertiary alicyclic amines) is 1. The van der Waals surface area contributed by atoms with E-state index in [9.17, 15) is 14.4 Å². The van der Waals surface area contributed by atoms with Crippen LogP contribution in [0.1, 0.15) is 95.6 Å². The van der Waals surface area contributed by atoms with Crippen molar-refractivity contribution in [2.75, 3.05) is 20.8 Å². The van der Waals surface area contributed by atoms with Crippen LogP contribution in [0.2, 0.25) is 0 Å². The molecule has 0 unspecified atom stereocenters. The van der Waals surface area contributed by atoms with Crippen LogP contribution in [0.4, 0.5) is 4.79 Å². The Morgan fingerprint density at radius 3 is 2.60 bits per heavy atom. The van der Waals surface area contributed by atoms with Crippen molar-refractivity contribution in [2.24, 2.45) is 0 Å². The average molecular weight is 621 g/mol. The minimum atomic E-state index is -0.847. The largest absolute Gasteiger partial charge is 0.497 e. The molecule has 244 valence electrons. The van der Waals surface area contributed by atoms with Gasteiger partial charge in [-0.1, -0.05) is 25.0 Å². The van der Waals surface area contributed by atoms with Crippen LogP contribution in [0, 0.1) is 0 Å². The maximum Gasteiger partial charge on any atom is 0.408 e. The predicted molar refractivity (Wildman–Crippen MR) is 173 cm³/mol. The molecule has 2 fully saturated rings. The molecular weight excluding hydrogens is 572 g/mol. The van der Waals surface area contributed by atoms with E-state index in [1.54, 1.807) is 32.8 Å². The Balaban J connectivity index is 1.44. The Kier molecular flexibility index (Phi) is 9.65. The van der Waals surface area contributed by atoms with Gasteiger partial charge in [0.15, 0.2) is 0 Å². The molecule has 0 aromatic heterocycles. The Bertz CT molecular complexity index is 1440. The molecule has 0 bridgehead atoms. The van der Waals surface area contributed by atoms with Crippen LogP contribution in [0.15, 0.2) is 36.9 Å². The number of nitrogens with zero attached hydrogens (tertiary/aromatic N) is 1. The number of methoxy groups -OCH3 is 2. The molecule has 45 heavy (non-hydrogen) atoms. The van der Waals surface area contributed by atoms with E-state index in [1.807, 2.05) is 12.1 Å². The number of amides is 2. The van der Waals surface area contributed by atoms with E-state index < -0.39 is 35.3 Å². The number of allylic oxidation sites excluding steroid dienone is 1. The van der Waals surface area contributed by atoms with Gasteiger partial charge in [-0.25, -0.2) is 9.59 Å². The topological polar surface area (TPSA) is 103 Å². The highest BCUT2D eigenvalue weighted by Gasteiger charge is 2.54. The first kappa shape index (κ1) is 32.6. The van der Waals surface area contributed by atoms with Crippen molar-refractivity contribution >= 4 is 28.7 Å². The van der Waals surface area contributed by atoms with Gasteiger partial charge >= 0.3 is 12.1 Å². The fourth-order valence-corrected chi connectivity index (χ4v) is 6.77. The number of aryl methyl sites for hydroxylation is 1. The highest BCUT2D eigenvalue weighted by Crippen LogP contribution is 2.52. The van der Waals surface area contributed by atoms with Crippen LogP contribution < -0.4 is 14.8 Å². The first-order valence-corrected chi connectivity index (χ1v) is 16.3. The minimum absolute atomic E-state index is 0.230. The zero-order chi connectivity index (χ0) is 32.4. The van der Waals surface area contributed by atoms with Gasteiger partial charge in [0.2, 0.25) is 5.91 Å². The third-order valence-electron chi connectivity index (χ3n) is 9.15. The summed E-state index contributed by atoms with van der Waals surface area (Å²) in [5.41, 5.74) is 0.885. The zero-order valence-corrected chi connectivity index (χ0v) is 27.4. The standard InChI is InChI=1S/C36H48N2O7/c1-7-8-9-10-11-12-29(37-34(41)45-35(2,3)4)32(39)38-22-36(21-30(38)33(40)43-6)18-17-26-27-20-25(42-5)16-15-24(27)19-28(23-13-14-23)31(26)44-36/h7,15-16,19-20,23,29-30H,1,8-14,17-18,21-22H2,2-6H3,(H,37,41)/t29-,30-,36-/m0/s1. The molecule has 1 N–H and O–H groups in total. The van der Waals surface area contributed by atoms with E-state index in [0.29, 0.717) is 25.2 Å². The minimum Gasteiger partial charge on any atom is -0.497 e. The summed E-state index contributed by atoms with van der Waals surface area (Å²) in [5, 5.41) is 5.08. The van der Waals surface area contributed by atoms with E-state index >= 15 is 0 Å². The lowest BCUT2D eigenvalue weighted by atomic mass is 9.85. The number of ether oxygens (including phenoxy) is 4. The number of rotatable bonds is 11. The maximum atomic E-state index is 14.3. The van der Waals surface area contributed by atoms with Crippen LogP contribution in [-0.2, 0) is 25.5 Å². The summed E-state index contributed by atoms with van der Waals surface area (Å²) in [4.78, 5) is 41.9. The van der Waals surface area contributed by atoms with Crippen molar-refractivity contribution in [1.29, 1.82) is 0 Å². The molecule has 2 amide bonds. The number of esters is 1. The van der Waals surface area contributed by atoms with Gasteiger partial charge in [-0.3, -0.25) is 4.79 Å². The Morgan fingerprint density at radius 2 is 1.93 bits per heavy atom. The van der Waals surface area contributed by atoms with Gasteiger partial charge in [-0.2, -0.15) is 0 Å². The maximum absolute atomic E-state index is 14.3. The third kappa shape index (κ3) is 7.39. The summed E-state index contributed by atoms with van der Waals surface area (Å²) in [6.45, 7) is 9.36. The van der Waals surface area contributed by atoms with Gasteiger partial charge in [0.05, 0.1) is 20.8 Å². The van der Waals surface area contributed by atoms with Crippen molar-refractivity contribution in [1.82, 2.24) is 10.2 Å². The molecule has 9 heteroatoms. The predicted octanol–water partition coefficient (Wildman–Crippen LogP) is 6.59. The van der Waals surface area contributed by atoms with E-state index in [0.717, 1.165) is 72.8 Å². The van der Waals surface area contributed by atoms with Crippen LogP contribution in [-0.4, -0.2) is 66.9 Å². The smallest absolute Gasteiger partial charge is 0.408 e. The van der Waals surface area contributed by atoms with Gasteiger partial charge in [0.1, 0.15) is 34.8 Å². The molecule has 5 rings (SSSR count). The second kappa shape index (κ2) is 13.3. The number of hydrogen-bond acceptors (Lipinski definition) is 7. The summed E-state index contributed by atoms with van der Waals surface area (Å²) in [5.74, 6) is 1.31. The number of unbranched alkanes of at least 4 members (excludes halogenated alkanes) is 3. The molecule has 2 heterocycles.